The maximum Gasteiger partial charge on any atom is 0.387 e. The number of alkyl halides is 2. The fraction of sp³-hybridized carbons (Fsp3) is 0.0625. The number of hydrogen-bond acceptors (Lipinski definition) is 3. The number of nitrogens with one attached hydrogen (secondary N) is 1. The van der Waals surface area contributed by atoms with Crippen LogP contribution < -0.4 is 10.1 Å². The summed E-state index contributed by atoms with van der Waals surface area (Å²) in [6.45, 7) is -2.92. The summed E-state index contributed by atoms with van der Waals surface area (Å²) in [4.78, 5) is 11.9. The molecule has 0 unspecified atom stereocenters. The van der Waals surface area contributed by atoms with Crippen molar-refractivity contribution in [2.45, 2.75) is 6.61 Å². The quantitative estimate of drug-likeness (QED) is 0.561. The highest BCUT2D eigenvalue weighted by atomic mass is 79.9. The molecule has 2 rings (SSSR count). The minimum atomic E-state index is -2.92. The van der Waals surface area contributed by atoms with E-state index < -0.39 is 12.4 Å². The smallest absolute Gasteiger partial charge is 0.387 e. The number of anilines is 1. The monoisotopic (exact) mass is 385 g/mol. The summed E-state index contributed by atoms with van der Waals surface area (Å²) >= 11 is 3.14. The lowest BCUT2D eigenvalue weighted by molar-refractivity contribution is -0.0498. The molecule has 0 radical (unpaired) electrons. The number of allylic oxidation sites excluding steroid dienone is 1. The van der Waals surface area contributed by atoms with Gasteiger partial charge in [0.1, 0.15) is 11.6 Å². The Morgan fingerprint density at radius 3 is 2.48 bits per heavy atom. The van der Waals surface area contributed by atoms with Crippen LogP contribution in [0.1, 0.15) is 10.4 Å². The molecule has 23 heavy (non-hydrogen) atoms. The Hall–Kier alpha value is -2.28. The molecule has 0 atom stereocenters. The summed E-state index contributed by atoms with van der Waals surface area (Å²) in [6.07, 6.45) is 2.52. The highest BCUT2D eigenvalue weighted by Gasteiger charge is 2.06. The Balaban J connectivity index is 1.98. The molecule has 0 fully saturated rings. The van der Waals surface area contributed by atoms with Crippen LogP contribution in [0.15, 0.2) is 59.2 Å². The van der Waals surface area contributed by atoms with E-state index in [1.54, 1.807) is 6.07 Å². The summed E-state index contributed by atoms with van der Waals surface area (Å²) in [5.41, 5.74) is 0.513. The molecule has 0 aliphatic carbocycles. The van der Waals surface area contributed by atoms with Crippen LogP contribution in [0, 0.1) is 5.82 Å². The minimum Gasteiger partial charge on any atom is -0.435 e. The topological polar surface area (TPSA) is 38.3 Å². The van der Waals surface area contributed by atoms with Crippen molar-refractivity contribution in [3.8, 4) is 5.75 Å². The molecule has 0 heterocycles. The SMILES string of the molecule is O=C(C=CNc1ccc(Br)cc1F)c1ccc(OC(F)F)cc1. The third-order valence-corrected chi connectivity index (χ3v) is 3.26. The molecule has 2 aromatic rings. The Morgan fingerprint density at radius 1 is 1.17 bits per heavy atom. The van der Waals surface area contributed by atoms with Crippen molar-refractivity contribution >= 4 is 27.4 Å². The summed E-state index contributed by atoms with van der Waals surface area (Å²) in [7, 11) is 0. The second-order valence-corrected chi connectivity index (χ2v) is 5.28. The Kier molecular flexibility index (Phi) is 5.81. The van der Waals surface area contributed by atoms with Crippen molar-refractivity contribution in [3.05, 3.63) is 70.6 Å². The molecule has 1 N–H and O–H groups in total. The van der Waals surface area contributed by atoms with Crippen molar-refractivity contribution in [2.24, 2.45) is 0 Å². The van der Waals surface area contributed by atoms with Crippen LogP contribution in [0.3, 0.4) is 0 Å². The largest absolute Gasteiger partial charge is 0.435 e. The summed E-state index contributed by atoms with van der Waals surface area (Å²) < 4.78 is 42.4. The van der Waals surface area contributed by atoms with E-state index in [2.05, 4.69) is 26.0 Å². The van der Waals surface area contributed by atoms with Gasteiger partial charge in [0.05, 0.1) is 5.69 Å². The van der Waals surface area contributed by atoms with E-state index >= 15 is 0 Å². The van der Waals surface area contributed by atoms with Crippen molar-refractivity contribution in [1.82, 2.24) is 0 Å². The fourth-order valence-electron chi connectivity index (χ4n) is 1.71. The second-order valence-electron chi connectivity index (χ2n) is 4.37. The zero-order chi connectivity index (χ0) is 16.8. The molecule has 2 aromatic carbocycles. The number of carbonyl (C=O) groups is 1. The predicted molar refractivity (Wildman–Crippen MR) is 84.3 cm³/mol. The molecule has 0 saturated heterocycles. The molecule has 120 valence electrons. The predicted octanol–water partition coefficient (Wildman–Crippen LogP) is 5.00. The first-order valence-corrected chi connectivity index (χ1v) is 7.22. The van der Waals surface area contributed by atoms with Gasteiger partial charge in [-0.25, -0.2) is 4.39 Å². The van der Waals surface area contributed by atoms with Crippen LogP contribution in [0.2, 0.25) is 0 Å². The summed E-state index contributed by atoms with van der Waals surface area (Å²) in [6, 6.07) is 9.74. The number of halogens is 4. The lowest BCUT2D eigenvalue weighted by Gasteiger charge is -2.04. The molecular formula is C16H11BrF3NO2. The van der Waals surface area contributed by atoms with Crippen molar-refractivity contribution in [3.63, 3.8) is 0 Å². The first-order valence-electron chi connectivity index (χ1n) is 6.43. The molecule has 7 heteroatoms. The molecule has 0 aliphatic rings. The van der Waals surface area contributed by atoms with Gasteiger partial charge < -0.3 is 10.1 Å². The summed E-state index contributed by atoms with van der Waals surface area (Å²) in [5, 5.41) is 2.66. The van der Waals surface area contributed by atoms with Gasteiger partial charge in [0.25, 0.3) is 0 Å². The van der Waals surface area contributed by atoms with Crippen molar-refractivity contribution in [2.75, 3.05) is 5.32 Å². The van der Waals surface area contributed by atoms with Crippen LogP contribution >= 0.6 is 15.9 Å². The number of ketones is 1. The van der Waals surface area contributed by atoms with E-state index in [-0.39, 0.29) is 17.2 Å². The van der Waals surface area contributed by atoms with Gasteiger partial charge in [0.2, 0.25) is 0 Å². The Morgan fingerprint density at radius 2 is 1.87 bits per heavy atom. The average Bonchev–Trinajstić information content (AvgIpc) is 2.49. The third-order valence-electron chi connectivity index (χ3n) is 2.77. The molecule has 0 bridgehead atoms. The van der Waals surface area contributed by atoms with E-state index in [0.29, 0.717) is 10.0 Å². The lowest BCUT2D eigenvalue weighted by atomic mass is 10.1. The van der Waals surface area contributed by atoms with E-state index in [0.717, 1.165) is 0 Å². The van der Waals surface area contributed by atoms with Crippen molar-refractivity contribution < 1.29 is 22.7 Å². The number of carbonyl (C=O) groups excluding carboxylic acids is 1. The van der Waals surface area contributed by atoms with Crippen molar-refractivity contribution in [1.29, 1.82) is 0 Å². The molecule has 0 aliphatic heterocycles. The average molecular weight is 386 g/mol. The molecular weight excluding hydrogens is 375 g/mol. The van der Waals surface area contributed by atoms with E-state index in [1.807, 2.05) is 0 Å². The maximum absolute atomic E-state index is 13.6. The maximum atomic E-state index is 13.6. The second kappa shape index (κ2) is 7.82. The summed E-state index contributed by atoms with van der Waals surface area (Å²) in [5.74, 6) is -0.862. The zero-order valence-corrected chi connectivity index (χ0v) is 13.2. The first kappa shape index (κ1) is 17.1. The normalized spacial score (nSPS) is 11.0. The van der Waals surface area contributed by atoms with Gasteiger partial charge in [-0.05, 0) is 42.5 Å². The minimum absolute atomic E-state index is 0.0319. The third kappa shape index (κ3) is 5.14. The molecule has 0 saturated carbocycles. The highest BCUT2D eigenvalue weighted by Crippen LogP contribution is 2.19. The lowest BCUT2D eigenvalue weighted by Crippen LogP contribution is -2.02. The van der Waals surface area contributed by atoms with E-state index in [9.17, 15) is 18.0 Å². The van der Waals surface area contributed by atoms with Gasteiger partial charge in [0.15, 0.2) is 5.78 Å². The number of benzene rings is 2. The van der Waals surface area contributed by atoms with Crippen LogP contribution in [0.5, 0.6) is 5.75 Å². The number of hydrogen-bond donors (Lipinski definition) is 1. The molecule has 0 spiro atoms. The number of rotatable bonds is 6. The fourth-order valence-corrected chi connectivity index (χ4v) is 2.04. The molecule has 3 nitrogen and oxygen atoms in total. The first-order chi connectivity index (χ1) is 11.0. The van der Waals surface area contributed by atoms with Gasteiger partial charge in [0, 0.05) is 22.3 Å². The standard InChI is InChI=1S/C16H11BrF3NO2/c17-11-3-6-14(13(18)9-11)21-8-7-15(22)10-1-4-12(5-2-10)23-16(19)20/h1-9,16,21H. The van der Waals surface area contributed by atoms with Gasteiger partial charge in [-0.3, -0.25) is 4.79 Å². The Bertz CT molecular complexity index is 718. The van der Waals surface area contributed by atoms with Gasteiger partial charge in [-0.1, -0.05) is 15.9 Å². The van der Waals surface area contributed by atoms with Gasteiger partial charge >= 0.3 is 6.61 Å². The number of ether oxygens (including phenoxy) is 1. The molecule has 0 aromatic heterocycles. The Labute approximate surface area is 138 Å². The van der Waals surface area contributed by atoms with Gasteiger partial charge in [-0.15, -0.1) is 0 Å². The molecule has 0 amide bonds. The van der Waals surface area contributed by atoms with Crippen LogP contribution in [0.25, 0.3) is 0 Å². The zero-order valence-electron chi connectivity index (χ0n) is 11.6. The van der Waals surface area contributed by atoms with E-state index in [1.165, 1.54) is 48.7 Å². The van der Waals surface area contributed by atoms with Crippen LogP contribution in [0.4, 0.5) is 18.9 Å². The highest BCUT2D eigenvalue weighted by molar-refractivity contribution is 9.10. The van der Waals surface area contributed by atoms with E-state index in [4.69, 9.17) is 0 Å². The van der Waals surface area contributed by atoms with Crippen LogP contribution in [-0.4, -0.2) is 12.4 Å². The van der Waals surface area contributed by atoms with Crippen LogP contribution in [-0.2, 0) is 0 Å². The van der Waals surface area contributed by atoms with Gasteiger partial charge in [-0.2, -0.15) is 8.78 Å².